The van der Waals surface area contributed by atoms with Crippen LogP contribution in [0.15, 0.2) is 29.4 Å². The van der Waals surface area contributed by atoms with Crippen LogP contribution in [0.1, 0.15) is 5.56 Å². The lowest BCUT2D eigenvalue weighted by molar-refractivity contribution is 0.402. The van der Waals surface area contributed by atoms with E-state index in [1.165, 1.54) is 13.2 Å². The molecule has 2 rings (SSSR count). The Hall–Kier alpha value is -1.57. The molecular weight excluding hydrogens is 337 g/mol. The first-order valence-electron chi connectivity index (χ1n) is 5.68. The van der Waals surface area contributed by atoms with E-state index in [-0.39, 0.29) is 26.6 Å². The molecule has 1 aromatic carbocycles. The fourth-order valence-corrected chi connectivity index (χ4v) is 3.21. The molecule has 0 aliphatic carbocycles. The number of nitrogens with zero attached hydrogens (tertiary/aromatic N) is 2. The molecule has 0 saturated carbocycles. The Kier molecular flexibility index (Phi) is 4.55. The van der Waals surface area contributed by atoms with Crippen LogP contribution in [-0.4, -0.2) is 25.5 Å². The summed E-state index contributed by atoms with van der Waals surface area (Å²) in [6.45, 7) is 1.77. The molecule has 6 nitrogen and oxygen atoms in total. The second kappa shape index (κ2) is 6.05. The molecule has 0 saturated heterocycles. The van der Waals surface area contributed by atoms with Crippen molar-refractivity contribution in [2.24, 2.45) is 0 Å². The number of benzene rings is 1. The second-order valence-corrected chi connectivity index (χ2v) is 6.47. The number of hydrogen-bond donors (Lipinski definition) is 1. The largest absolute Gasteiger partial charge is 0.495 e. The van der Waals surface area contributed by atoms with Gasteiger partial charge in [0.05, 0.1) is 7.11 Å². The van der Waals surface area contributed by atoms with Gasteiger partial charge in [-0.05, 0) is 24.6 Å². The van der Waals surface area contributed by atoms with Gasteiger partial charge in [-0.1, -0.05) is 29.3 Å². The number of ether oxygens (including phenoxy) is 1. The van der Waals surface area contributed by atoms with Gasteiger partial charge >= 0.3 is 0 Å². The van der Waals surface area contributed by atoms with Gasteiger partial charge in [0.1, 0.15) is 22.0 Å². The highest BCUT2D eigenvalue weighted by Gasteiger charge is 2.22. The highest BCUT2D eigenvalue weighted by atomic mass is 35.5. The van der Waals surface area contributed by atoms with Gasteiger partial charge in [0.25, 0.3) is 10.0 Å². The standard InChI is InChI=1S/C12H11Cl2N3O3S/c1-7-3-4-8(20-2)9(5-7)21(18,19)17-12-10(13)11(14)15-6-16-12/h3-6H,1-2H3,(H,15,16,17). The van der Waals surface area contributed by atoms with Crippen LogP contribution in [0.25, 0.3) is 0 Å². The van der Waals surface area contributed by atoms with Crippen molar-refractivity contribution in [2.75, 3.05) is 11.8 Å². The Morgan fingerprint density at radius 3 is 2.62 bits per heavy atom. The molecule has 0 bridgehead atoms. The summed E-state index contributed by atoms with van der Waals surface area (Å²) in [5.41, 5.74) is 0.767. The summed E-state index contributed by atoms with van der Waals surface area (Å²) in [6.07, 6.45) is 1.11. The molecular formula is C12H11Cl2N3O3S. The topological polar surface area (TPSA) is 81.2 Å². The van der Waals surface area contributed by atoms with Gasteiger partial charge in [0.2, 0.25) is 0 Å². The first kappa shape index (κ1) is 15.8. The zero-order valence-corrected chi connectivity index (χ0v) is 13.4. The monoisotopic (exact) mass is 347 g/mol. The van der Waals surface area contributed by atoms with Crippen LogP contribution in [0.2, 0.25) is 10.2 Å². The third kappa shape index (κ3) is 3.37. The van der Waals surface area contributed by atoms with Gasteiger partial charge in [-0.15, -0.1) is 0 Å². The van der Waals surface area contributed by atoms with Gasteiger partial charge < -0.3 is 4.74 Å². The molecule has 1 heterocycles. The van der Waals surface area contributed by atoms with E-state index in [9.17, 15) is 8.42 Å². The summed E-state index contributed by atoms with van der Waals surface area (Å²) in [6, 6.07) is 4.79. The van der Waals surface area contributed by atoms with Crippen molar-refractivity contribution in [3.63, 3.8) is 0 Å². The van der Waals surface area contributed by atoms with Crippen molar-refractivity contribution in [2.45, 2.75) is 11.8 Å². The maximum Gasteiger partial charge on any atom is 0.266 e. The lowest BCUT2D eigenvalue weighted by Gasteiger charge is -2.12. The third-order valence-electron chi connectivity index (χ3n) is 2.59. The zero-order chi connectivity index (χ0) is 15.6. The Morgan fingerprint density at radius 1 is 1.24 bits per heavy atom. The predicted octanol–water partition coefficient (Wildman–Crippen LogP) is 2.90. The minimum absolute atomic E-state index is 0.0178. The average molecular weight is 348 g/mol. The molecule has 2 aromatic rings. The molecule has 0 aliphatic heterocycles. The molecule has 9 heteroatoms. The van der Waals surface area contributed by atoms with Crippen LogP contribution in [-0.2, 0) is 10.0 Å². The normalized spacial score (nSPS) is 11.2. The van der Waals surface area contributed by atoms with E-state index in [4.69, 9.17) is 27.9 Å². The number of nitrogens with one attached hydrogen (secondary N) is 1. The first-order chi connectivity index (χ1) is 9.85. The van der Waals surface area contributed by atoms with Crippen LogP contribution in [0, 0.1) is 6.92 Å². The Balaban J connectivity index is 2.48. The van der Waals surface area contributed by atoms with Crippen LogP contribution >= 0.6 is 23.2 Å². The highest BCUT2D eigenvalue weighted by Crippen LogP contribution is 2.30. The first-order valence-corrected chi connectivity index (χ1v) is 7.92. The SMILES string of the molecule is COc1ccc(C)cc1S(=O)(=O)Nc1ncnc(Cl)c1Cl. The number of aromatic nitrogens is 2. The maximum absolute atomic E-state index is 12.4. The quantitative estimate of drug-likeness (QED) is 0.860. The second-order valence-electron chi connectivity index (χ2n) is 4.09. The van der Waals surface area contributed by atoms with Crippen LogP contribution in [0.5, 0.6) is 5.75 Å². The fourth-order valence-electron chi connectivity index (χ4n) is 1.60. The molecule has 0 spiro atoms. The minimum atomic E-state index is -3.93. The number of hydrogen-bond acceptors (Lipinski definition) is 5. The number of sulfonamides is 1. The Labute approximate surface area is 132 Å². The molecule has 0 radical (unpaired) electrons. The molecule has 0 unspecified atom stereocenters. The molecule has 1 aromatic heterocycles. The summed E-state index contributed by atoms with van der Waals surface area (Å²) in [7, 11) is -2.54. The van der Waals surface area contributed by atoms with Crippen LogP contribution in [0.4, 0.5) is 5.82 Å². The zero-order valence-electron chi connectivity index (χ0n) is 11.1. The molecule has 0 atom stereocenters. The summed E-state index contributed by atoms with van der Waals surface area (Å²) in [4.78, 5) is 7.40. The van der Waals surface area contributed by atoms with E-state index < -0.39 is 10.0 Å². The van der Waals surface area contributed by atoms with Crippen molar-refractivity contribution in [3.05, 3.63) is 40.3 Å². The summed E-state index contributed by atoms with van der Waals surface area (Å²) < 4.78 is 32.2. The molecule has 0 aliphatic rings. The fraction of sp³-hybridized carbons (Fsp3) is 0.167. The summed E-state index contributed by atoms with van der Waals surface area (Å²) in [5, 5.41) is -0.116. The van der Waals surface area contributed by atoms with Crippen LogP contribution < -0.4 is 9.46 Å². The predicted molar refractivity (Wildman–Crippen MR) is 80.6 cm³/mol. The third-order valence-corrected chi connectivity index (χ3v) is 4.69. The maximum atomic E-state index is 12.4. The molecule has 0 amide bonds. The molecule has 1 N–H and O–H groups in total. The van der Waals surface area contributed by atoms with Crippen molar-refractivity contribution >= 4 is 39.0 Å². The van der Waals surface area contributed by atoms with E-state index in [0.717, 1.165) is 11.9 Å². The average Bonchev–Trinajstić information content (AvgIpc) is 2.44. The van der Waals surface area contributed by atoms with Gasteiger partial charge in [0, 0.05) is 0 Å². The minimum Gasteiger partial charge on any atom is -0.495 e. The van der Waals surface area contributed by atoms with Gasteiger partial charge in [-0.25, -0.2) is 18.4 Å². The van der Waals surface area contributed by atoms with Crippen LogP contribution in [0.3, 0.4) is 0 Å². The van der Waals surface area contributed by atoms with Gasteiger partial charge in [-0.2, -0.15) is 0 Å². The van der Waals surface area contributed by atoms with E-state index in [1.54, 1.807) is 19.1 Å². The smallest absolute Gasteiger partial charge is 0.266 e. The van der Waals surface area contributed by atoms with Gasteiger partial charge in [-0.3, -0.25) is 4.72 Å². The van der Waals surface area contributed by atoms with E-state index in [0.29, 0.717) is 0 Å². The Morgan fingerprint density at radius 2 is 1.95 bits per heavy atom. The van der Waals surface area contributed by atoms with Crippen molar-refractivity contribution in [3.8, 4) is 5.75 Å². The molecule has 0 fully saturated rings. The van der Waals surface area contributed by atoms with E-state index in [2.05, 4.69) is 14.7 Å². The van der Waals surface area contributed by atoms with E-state index >= 15 is 0 Å². The lowest BCUT2D eigenvalue weighted by atomic mass is 10.2. The lowest BCUT2D eigenvalue weighted by Crippen LogP contribution is -2.15. The van der Waals surface area contributed by atoms with Crippen molar-refractivity contribution < 1.29 is 13.2 Å². The van der Waals surface area contributed by atoms with Gasteiger partial charge in [0.15, 0.2) is 11.0 Å². The van der Waals surface area contributed by atoms with Crippen molar-refractivity contribution in [1.29, 1.82) is 0 Å². The summed E-state index contributed by atoms with van der Waals surface area (Å²) >= 11 is 11.6. The number of anilines is 1. The molecule has 21 heavy (non-hydrogen) atoms. The number of halogens is 2. The number of methoxy groups -OCH3 is 1. The highest BCUT2D eigenvalue weighted by molar-refractivity contribution is 7.92. The summed E-state index contributed by atoms with van der Waals surface area (Å²) in [5.74, 6) is 0.115. The number of aryl methyl sites for hydroxylation is 1. The number of rotatable bonds is 4. The Bertz CT molecular complexity index is 781. The van der Waals surface area contributed by atoms with E-state index in [1.807, 2.05) is 0 Å². The van der Waals surface area contributed by atoms with Crippen molar-refractivity contribution in [1.82, 2.24) is 9.97 Å². The molecule has 112 valence electrons.